The third-order valence-electron chi connectivity index (χ3n) is 14.9. The molecular weight excluding hydrogens is 859 g/mol. The van der Waals surface area contributed by atoms with E-state index in [0.717, 1.165) is 61.3 Å². The maximum absolute atomic E-state index is 6.62. The Bertz CT molecular complexity index is 3910. The summed E-state index contributed by atoms with van der Waals surface area (Å²) in [5.74, 6) is 0. The van der Waals surface area contributed by atoms with Gasteiger partial charge < -0.3 is 9.32 Å². The molecule has 0 saturated carbocycles. The van der Waals surface area contributed by atoms with Crippen LogP contribution < -0.4 is 4.90 Å². The van der Waals surface area contributed by atoms with Crippen molar-refractivity contribution in [2.24, 2.45) is 0 Å². The molecule has 2 heteroatoms. The predicted molar refractivity (Wildman–Crippen MR) is 298 cm³/mol. The summed E-state index contributed by atoms with van der Waals surface area (Å²) in [4.78, 5) is 2.53. The van der Waals surface area contributed by atoms with Crippen LogP contribution in [0.1, 0.15) is 48.6 Å². The van der Waals surface area contributed by atoms with Gasteiger partial charge in [-0.05, 0) is 120 Å². The monoisotopic (exact) mass is 909 g/mol. The second-order valence-corrected chi connectivity index (χ2v) is 20.0. The van der Waals surface area contributed by atoms with Crippen LogP contribution in [0.2, 0.25) is 0 Å². The van der Waals surface area contributed by atoms with Crippen molar-refractivity contribution in [2.75, 3.05) is 4.90 Å². The van der Waals surface area contributed by atoms with Crippen molar-refractivity contribution in [1.82, 2.24) is 0 Å². The molecule has 1 aliphatic carbocycles. The van der Waals surface area contributed by atoms with Gasteiger partial charge in [0.1, 0.15) is 11.2 Å². The van der Waals surface area contributed by atoms with Crippen LogP contribution in [0.3, 0.4) is 0 Å². The third-order valence-corrected chi connectivity index (χ3v) is 14.9. The van der Waals surface area contributed by atoms with E-state index in [0.29, 0.717) is 0 Å². The zero-order valence-electron chi connectivity index (χ0n) is 40.1. The van der Waals surface area contributed by atoms with Crippen molar-refractivity contribution in [3.8, 4) is 44.5 Å². The highest BCUT2D eigenvalue weighted by Crippen LogP contribution is 2.58. The first-order valence-electron chi connectivity index (χ1n) is 24.7. The molecule has 0 unspecified atom stereocenters. The summed E-state index contributed by atoms with van der Waals surface area (Å²) in [5, 5.41) is 4.55. The Balaban J connectivity index is 1.13. The second kappa shape index (κ2) is 16.8. The van der Waals surface area contributed by atoms with E-state index in [1.807, 2.05) is 0 Å². The second-order valence-electron chi connectivity index (χ2n) is 20.0. The lowest BCUT2D eigenvalue weighted by Crippen LogP contribution is -2.28. The number of para-hydroxylation sites is 1. The molecule has 0 fully saturated rings. The molecule has 71 heavy (non-hydrogen) atoms. The van der Waals surface area contributed by atoms with E-state index in [4.69, 9.17) is 4.42 Å². The Morgan fingerprint density at radius 2 is 0.972 bits per heavy atom. The van der Waals surface area contributed by atoms with Gasteiger partial charge in [0.25, 0.3) is 0 Å². The molecule has 2 nitrogen and oxygen atoms in total. The van der Waals surface area contributed by atoms with E-state index in [2.05, 4.69) is 280 Å². The Morgan fingerprint density at radius 3 is 1.72 bits per heavy atom. The zero-order valence-corrected chi connectivity index (χ0v) is 40.1. The molecule has 338 valence electrons. The van der Waals surface area contributed by atoms with Crippen molar-refractivity contribution in [3.05, 3.63) is 283 Å². The van der Waals surface area contributed by atoms with Crippen LogP contribution in [-0.2, 0) is 10.8 Å². The van der Waals surface area contributed by atoms with Crippen LogP contribution in [0.25, 0.3) is 77.2 Å². The Labute approximate surface area is 415 Å². The molecule has 0 radical (unpaired) electrons. The largest absolute Gasteiger partial charge is 0.456 e. The van der Waals surface area contributed by atoms with Crippen molar-refractivity contribution in [2.45, 2.75) is 31.6 Å². The summed E-state index contributed by atoms with van der Waals surface area (Å²) in [6.07, 6.45) is 0. The normalized spacial score (nSPS) is 12.8. The Kier molecular flexibility index (Phi) is 10.0. The molecule has 1 aliphatic rings. The van der Waals surface area contributed by atoms with Gasteiger partial charge in [-0.3, -0.25) is 0 Å². The molecule has 0 aliphatic heterocycles. The number of furan rings is 1. The van der Waals surface area contributed by atoms with Crippen molar-refractivity contribution in [1.29, 1.82) is 0 Å². The van der Waals surface area contributed by atoms with Gasteiger partial charge in [0, 0.05) is 27.6 Å². The maximum Gasteiger partial charge on any atom is 0.136 e. The first-order chi connectivity index (χ1) is 34.9. The highest BCUT2D eigenvalue weighted by molar-refractivity contribution is 6.18. The van der Waals surface area contributed by atoms with Gasteiger partial charge >= 0.3 is 0 Å². The van der Waals surface area contributed by atoms with Gasteiger partial charge in [0.2, 0.25) is 0 Å². The summed E-state index contributed by atoms with van der Waals surface area (Å²) in [6, 6.07) is 93.9. The fraction of sp³-hybridized carbons (Fsp3) is 0.0725. The van der Waals surface area contributed by atoms with Gasteiger partial charge in [0.15, 0.2) is 0 Å². The van der Waals surface area contributed by atoms with E-state index >= 15 is 0 Å². The maximum atomic E-state index is 6.62. The standard InChI is InChI=1S/C69H51NO/c1-68(2,3)50-38-34-46(35-39-50)49-37-42-62(58(44-49)47-20-7-4-8-21-47)70(63-43-36-48-22-13-14-27-54(48)66(63)57-30-19-33-65-67(57)56-29-16-18-32-64(56)71-65)53-40-41-61-59(45-53)55-28-15-17-31-60(55)69(61,51-23-9-5-10-24-51)52-25-11-6-12-26-52/h4-45H,1-3H3. The minimum Gasteiger partial charge on any atom is -0.456 e. The molecule has 11 aromatic carbocycles. The zero-order chi connectivity index (χ0) is 47.7. The minimum atomic E-state index is -0.525. The first kappa shape index (κ1) is 42.4. The lowest BCUT2D eigenvalue weighted by molar-refractivity contribution is 0.590. The molecule has 0 amide bonds. The fourth-order valence-electron chi connectivity index (χ4n) is 11.6. The molecular formula is C69H51NO. The summed E-state index contributed by atoms with van der Waals surface area (Å²) >= 11 is 0. The molecule has 1 heterocycles. The van der Waals surface area contributed by atoms with Gasteiger partial charge in [-0.1, -0.05) is 233 Å². The lowest BCUT2D eigenvalue weighted by atomic mass is 9.68. The van der Waals surface area contributed by atoms with Crippen LogP contribution in [0, 0.1) is 0 Å². The summed E-state index contributed by atoms with van der Waals surface area (Å²) in [5.41, 5.74) is 20.2. The van der Waals surface area contributed by atoms with E-state index in [9.17, 15) is 0 Å². The lowest BCUT2D eigenvalue weighted by Gasteiger charge is -2.34. The summed E-state index contributed by atoms with van der Waals surface area (Å²) in [6.45, 7) is 6.82. The van der Waals surface area contributed by atoms with Crippen LogP contribution in [0.5, 0.6) is 0 Å². The fourth-order valence-corrected chi connectivity index (χ4v) is 11.6. The Hall–Kier alpha value is -8.72. The number of anilines is 3. The van der Waals surface area contributed by atoms with Crippen molar-refractivity contribution >= 4 is 49.8 Å². The first-order valence-corrected chi connectivity index (χ1v) is 24.7. The van der Waals surface area contributed by atoms with Crippen molar-refractivity contribution < 1.29 is 4.42 Å². The van der Waals surface area contributed by atoms with Crippen LogP contribution in [0.4, 0.5) is 17.1 Å². The average Bonchev–Trinajstić information content (AvgIpc) is 3.96. The van der Waals surface area contributed by atoms with E-state index < -0.39 is 5.41 Å². The number of benzene rings is 11. The van der Waals surface area contributed by atoms with E-state index in [1.165, 1.54) is 60.8 Å². The predicted octanol–water partition coefficient (Wildman–Crippen LogP) is 18.9. The smallest absolute Gasteiger partial charge is 0.136 e. The molecule has 0 spiro atoms. The highest BCUT2D eigenvalue weighted by atomic mass is 16.3. The Morgan fingerprint density at radius 1 is 0.380 bits per heavy atom. The number of rotatable bonds is 8. The minimum absolute atomic E-state index is 0.0565. The molecule has 0 N–H and O–H groups in total. The van der Waals surface area contributed by atoms with E-state index in [1.54, 1.807) is 0 Å². The number of hydrogen-bond donors (Lipinski definition) is 0. The summed E-state index contributed by atoms with van der Waals surface area (Å²) in [7, 11) is 0. The SMILES string of the molecule is CC(C)(C)c1ccc(-c2ccc(N(c3ccc4c(c3)-c3ccccc3C4(c3ccccc3)c3ccccc3)c3ccc4ccccc4c3-c3cccc4oc5ccccc5c34)c(-c3ccccc3)c2)cc1. The van der Waals surface area contributed by atoms with Gasteiger partial charge in [-0.25, -0.2) is 0 Å². The van der Waals surface area contributed by atoms with Crippen LogP contribution in [0.15, 0.2) is 259 Å². The molecule has 13 rings (SSSR count). The quantitative estimate of drug-likeness (QED) is 0.151. The average molecular weight is 910 g/mol. The number of nitrogens with zero attached hydrogens (tertiary/aromatic N) is 1. The molecule has 1 aromatic heterocycles. The third kappa shape index (κ3) is 6.85. The van der Waals surface area contributed by atoms with Crippen LogP contribution >= 0.6 is 0 Å². The van der Waals surface area contributed by atoms with Gasteiger partial charge in [-0.15, -0.1) is 0 Å². The topological polar surface area (TPSA) is 16.4 Å². The molecule has 0 saturated heterocycles. The number of fused-ring (bicyclic) bond motifs is 7. The molecule has 0 atom stereocenters. The summed E-state index contributed by atoms with van der Waals surface area (Å²) < 4.78 is 6.62. The number of hydrogen-bond acceptors (Lipinski definition) is 2. The van der Waals surface area contributed by atoms with Crippen LogP contribution in [-0.4, -0.2) is 0 Å². The van der Waals surface area contributed by atoms with Crippen molar-refractivity contribution in [3.63, 3.8) is 0 Å². The van der Waals surface area contributed by atoms with Gasteiger partial charge in [0.05, 0.1) is 16.8 Å². The molecule has 0 bridgehead atoms. The van der Waals surface area contributed by atoms with Gasteiger partial charge in [-0.2, -0.15) is 0 Å². The molecule has 12 aromatic rings. The highest BCUT2D eigenvalue weighted by Gasteiger charge is 2.46. The van der Waals surface area contributed by atoms with E-state index in [-0.39, 0.29) is 5.41 Å².